The number of nitrogens with zero attached hydrogens (tertiary/aromatic N) is 2. The zero-order valence-corrected chi connectivity index (χ0v) is 16.5. The van der Waals surface area contributed by atoms with Gasteiger partial charge in [0.25, 0.3) is 11.8 Å². The van der Waals surface area contributed by atoms with E-state index in [0.29, 0.717) is 31.0 Å². The van der Waals surface area contributed by atoms with Crippen LogP contribution in [0.1, 0.15) is 33.3 Å². The molecule has 2 aliphatic rings. The molecule has 2 aliphatic heterocycles. The van der Waals surface area contributed by atoms with Gasteiger partial charge < -0.3 is 14.4 Å². The highest BCUT2D eigenvalue weighted by Gasteiger charge is 2.42. The summed E-state index contributed by atoms with van der Waals surface area (Å²) in [5.74, 6) is -0.493. The van der Waals surface area contributed by atoms with E-state index in [0.717, 1.165) is 5.56 Å². The van der Waals surface area contributed by atoms with Crippen molar-refractivity contribution in [2.24, 2.45) is 0 Å². The first-order valence-electron chi connectivity index (χ1n) is 9.56. The monoisotopic (exact) mass is 372 g/mol. The van der Waals surface area contributed by atoms with Gasteiger partial charge in [-0.3, -0.25) is 14.5 Å². The number of rotatable bonds is 6. The van der Waals surface area contributed by atoms with E-state index in [2.05, 4.69) is 0 Å². The molecule has 2 atom stereocenters. The third kappa shape index (κ3) is 4.22. The second-order valence-electron chi connectivity index (χ2n) is 7.43. The van der Waals surface area contributed by atoms with E-state index in [1.807, 2.05) is 62.9 Å². The molecule has 0 N–H and O–H groups in total. The third-order valence-electron chi connectivity index (χ3n) is 4.71. The smallest absolute Gasteiger partial charge is 0.277 e. The summed E-state index contributed by atoms with van der Waals surface area (Å²) in [7, 11) is 0. The van der Waals surface area contributed by atoms with Gasteiger partial charge in [0.1, 0.15) is 5.70 Å². The lowest BCUT2D eigenvalue weighted by Crippen LogP contribution is -2.47. The molecule has 2 heterocycles. The molecule has 27 heavy (non-hydrogen) atoms. The Labute approximate surface area is 160 Å². The fourth-order valence-electron chi connectivity index (χ4n) is 3.66. The lowest BCUT2D eigenvalue weighted by Gasteiger charge is -2.37. The number of carbonyl (C=O) groups is 2. The molecule has 6 heteroatoms. The number of hydrogen-bond acceptors (Lipinski definition) is 5. The summed E-state index contributed by atoms with van der Waals surface area (Å²) in [6.45, 7) is 9.61. The van der Waals surface area contributed by atoms with Crippen LogP contribution in [0, 0.1) is 0 Å². The number of amides is 2. The Morgan fingerprint density at radius 1 is 1.07 bits per heavy atom. The molecule has 146 valence electrons. The molecular formula is C21H28N2O4. The van der Waals surface area contributed by atoms with Crippen LogP contribution < -0.4 is 0 Å². The SMILES string of the molecule is CC(C)OCCN1C(=O)C(c2ccccc2)=C(N2CC(C)OC(C)C2)C1=O. The summed E-state index contributed by atoms with van der Waals surface area (Å²) < 4.78 is 11.4. The zero-order chi connectivity index (χ0) is 19.6. The molecule has 2 amide bonds. The van der Waals surface area contributed by atoms with E-state index >= 15 is 0 Å². The van der Waals surface area contributed by atoms with E-state index in [1.165, 1.54) is 4.90 Å². The largest absolute Gasteiger partial charge is 0.377 e. The van der Waals surface area contributed by atoms with Gasteiger partial charge in [0.15, 0.2) is 0 Å². The van der Waals surface area contributed by atoms with Crippen LogP contribution >= 0.6 is 0 Å². The molecular weight excluding hydrogens is 344 g/mol. The van der Waals surface area contributed by atoms with E-state index in [1.54, 1.807) is 0 Å². The minimum atomic E-state index is -0.250. The molecule has 1 fully saturated rings. The van der Waals surface area contributed by atoms with Crippen molar-refractivity contribution in [2.75, 3.05) is 26.2 Å². The first-order valence-corrected chi connectivity index (χ1v) is 9.56. The van der Waals surface area contributed by atoms with Gasteiger partial charge >= 0.3 is 0 Å². The first-order chi connectivity index (χ1) is 12.9. The van der Waals surface area contributed by atoms with Crippen molar-refractivity contribution in [3.8, 4) is 0 Å². The molecule has 0 aromatic heterocycles. The van der Waals surface area contributed by atoms with Crippen LogP contribution in [0.4, 0.5) is 0 Å². The Morgan fingerprint density at radius 3 is 2.30 bits per heavy atom. The van der Waals surface area contributed by atoms with Crippen molar-refractivity contribution in [1.29, 1.82) is 0 Å². The van der Waals surface area contributed by atoms with Crippen LogP contribution in [0.15, 0.2) is 36.0 Å². The van der Waals surface area contributed by atoms with Crippen molar-refractivity contribution in [3.63, 3.8) is 0 Å². The highest BCUT2D eigenvalue weighted by Crippen LogP contribution is 2.33. The fraction of sp³-hybridized carbons (Fsp3) is 0.524. The molecule has 2 unspecified atom stereocenters. The topological polar surface area (TPSA) is 59.1 Å². The fourth-order valence-corrected chi connectivity index (χ4v) is 3.66. The molecule has 0 bridgehead atoms. The van der Waals surface area contributed by atoms with Gasteiger partial charge in [0, 0.05) is 13.1 Å². The van der Waals surface area contributed by atoms with Gasteiger partial charge in [0.2, 0.25) is 0 Å². The third-order valence-corrected chi connectivity index (χ3v) is 4.71. The van der Waals surface area contributed by atoms with E-state index in [-0.39, 0.29) is 36.7 Å². The minimum Gasteiger partial charge on any atom is -0.377 e. The number of hydrogen-bond donors (Lipinski definition) is 0. The summed E-state index contributed by atoms with van der Waals surface area (Å²) in [6.07, 6.45) is 0.0544. The molecule has 0 spiro atoms. The summed E-state index contributed by atoms with van der Waals surface area (Å²) in [5.41, 5.74) is 1.73. The van der Waals surface area contributed by atoms with Crippen molar-refractivity contribution >= 4 is 17.4 Å². The quantitative estimate of drug-likeness (QED) is 0.717. The van der Waals surface area contributed by atoms with Gasteiger partial charge in [-0.05, 0) is 33.3 Å². The van der Waals surface area contributed by atoms with Gasteiger partial charge in [0.05, 0.1) is 37.0 Å². The average Bonchev–Trinajstić information content (AvgIpc) is 2.86. The molecule has 1 saturated heterocycles. The predicted molar refractivity (Wildman–Crippen MR) is 103 cm³/mol. The number of carbonyl (C=O) groups excluding carboxylic acids is 2. The Balaban J connectivity index is 1.94. The van der Waals surface area contributed by atoms with Gasteiger partial charge in [-0.1, -0.05) is 30.3 Å². The lowest BCUT2D eigenvalue weighted by atomic mass is 10.0. The van der Waals surface area contributed by atoms with Crippen LogP contribution in [0.3, 0.4) is 0 Å². The Hall–Kier alpha value is -2.18. The maximum Gasteiger partial charge on any atom is 0.277 e. The first kappa shape index (κ1) is 19.6. The van der Waals surface area contributed by atoms with Gasteiger partial charge in [-0.15, -0.1) is 0 Å². The summed E-state index contributed by atoms with van der Waals surface area (Å²) >= 11 is 0. The van der Waals surface area contributed by atoms with Crippen molar-refractivity contribution < 1.29 is 19.1 Å². The van der Waals surface area contributed by atoms with Crippen molar-refractivity contribution in [1.82, 2.24) is 9.80 Å². The molecule has 0 saturated carbocycles. The number of morpholine rings is 1. The van der Waals surface area contributed by atoms with E-state index in [9.17, 15) is 9.59 Å². The second kappa shape index (κ2) is 8.23. The van der Waals surface area contributed by atoms with Crippen LogP contribution in [0.2, 0.25) is 0 Å². The van der Waals surface area contributed by atoms with E-state index < -0.39 is 0 Å². The average molecular weight is 372 g/mol. The summed E-state index contributed by atoms with van der Waals surface area (Å²) in [4.78, 5) is 29.7. The highest BCUT2D eigenvalue weighted by atomic mass is 16.5. The zero-order valence-electron chi connectivity index (χ0n) is 16.5. The Kier molecular flexibility index (Phi) is 5.97. The van der Waals surface area contributed by atoms with Gasteiger partial charge in [-0.25, -0.2) is 0 Å². The molecule has 3 rings (SSSR count). The summed E-state index contributed by atoms with van der Waals surface area (Å²) in [5, 5.41) is 0. The second-order valence-corrected chi connectivity index (χ2v) is 7.43. The van der Waals surface area contributed by atoms with Gasteiger partial charge in [-0.2, -0.15) is 0 Å². The maximum atomic E-state index is 13.2. The number of imide groups is 1. The molecule has 1 aromatic rings. The minimum absolute atomic E-state index is 0.000463. The van der Waals surface area contributed by atoms with E-state index in [4.69, 9.17) is 9.47 Å². The molecule has 0 aliphatic carbocycles. The Bertz CT molecular complexity index is 719. The highest BCUT2D eigenvalue weighted by molar-refractivity contribution is 6.35. The normalized spacial score (nSPS) is 23.7. The lowest BCUT2D eigenvalue weighted by molar-refractivity contribution is -0.139. The van der Waals surface area contributed by atoms with Crippen LogP contribution in [-0.4, -0.2) is 66.2 Å². The van der Waals surface area contributed by atoms with Crippen molar-refractivity contribution in [3.05, 3.63) is 41.6 Å². The Morgan fingerprint density at radius 2 is 1.70 bits per heavy atom. The summed E-state index contributed by atoms with van der Waals surface area (Å²) in [6, 6.07) is 9.42. The maximum absolute atomic E-state index is 13.2. The number of benzene rings is 1. The molecule has 6 nitrogen and oxygen atoms in total. The van der Waals surface area contributed by atoms with Crippen molar-refractivity contribution in [2.45, 2.75) is 46.0 Å². The predicted octanol–water partition coefficient (Wildman–Crippen LogP) is 2.30. The van der Waals surface area contributed by atoms with Crippen LogP contribution in [0.25, 0.3) is 5.57 Å². The number of ether oxygens (including phenoxy) is 2. The van der Waals surface area contributed by atoms with Crippen LogP contribution in [-0.2, 0) is 19.1 Å². The van der Waals surface area contributed by atoms with Crippen LogP contribution in [0.5, 0.6) is 0 Å². The standard InChI is InChI=1S/C21H28N2O4/c1-14(2)26-11-10-23-20(24)18(17-8-6-5-7-9-17)19(21(23)25)22-12-15(3)27-16(4)13-22/h5-9,14-16H,10-13H2,1-4H3. The molecule has 0 radical (unpaired) electrons. The molecule has 1 aromatic carbocycles.